The second-order valence-electron chi connectivity index (χ2n) is 6.16. The summed E-state index contributed by atoms with van der Waals surface area (Å²) in [5.74, 6) is 0.865. The Kier molecular flexibility index (Phi) is 6.89. The molecule has 0 radical (unpaired) electrons. The molecule has 0 saturated carbocycles. The van der Waals surface area contributed by atoms with Crippen LogP contribution in [0.5, 0.6) is 5.88 Å². The summed E-state index contributed by atoms with van der Waals surface area (Å²) in [5, 5.41) is 6.08. The fraction of sp³-hybridized carbons (Fsp3) is 0.250. The monoisotopic (exact) mass is 419 g/mol. The van der Waals surface area contributed by atoms with E-state index < -0.39 is 12.8 Å². The average Bonchev–Trinajstić information content (AvgIpc) is 3.22. The molecule has 0 bridgehead atoms. The molecule has 3 rings (SSSR count). The van der Waals surface area contributed by atoms with Crippen LogP contribution < -0.4 is 15.4 Å². The number of nitrogens with zero attached hydrogens (tertiary/aromatic N) is 3. The predicted molar refractivity (Wildman–Crippen MR) is 105 cm³/mol. The normalized spacial score (nSPS) is 11.9. The van der Waals surface area contributed by atoms with Crippen molar-refractivity contribution in [3.05, 3.63) is 66.2 Å². The molecule has 1 aromatic carbocycles. The summed E-state index contributed by atoms with van der Waals surface area (Å²) in [6.07, 6.45) is -1.51. The van der Waals surface area contributed by atoms with Gasteiger partial charge in [0.2, 0.25) is 11.8 Å². The third-order valence-corrected chi connectivity index (χ3v) is 3.90. The Morgan fingerprint density at radius 1 is 1.10 bits per heavy atom. The smallest absolute Gasteiger partial charge is 0.422 e. The lowest BCUT2D eigenvalue weighted by Crippen LogP contribution is -2.36. The Labute approximate surface area is 171 Å². The Hall–Kier alpha value is -3.56. The minimum Gasteiger partial charge on any atom is -0.468 e. The lowest BCUT2D eigenvalue weighted by Gasteiger charge is -2.14. The maximum atomic E-state index is 12.4. The van der Waals surface area contributed by atoms with Gasteiger partial charge in [0, 0.05) is 30.9 Å². The molecule has 10 heteroatoms. The first-order chi connectivity index (χ1) is 14.4. The number of halogens is 3. The Balaban J connectivity index is 1.54. The fourth-order valence-electron chi connectivity index (χ4n) is 2.51. The summed E-state index contributed by atoms with van der Waals surface area (Å²) < 4.78 is 47.5. The highest BCUT2D eigenvalue weighted by molar-refractivity contribution is 5.79. The zero-order valence-corrected chi connectivity index (χ0v) is 16.1. The minimum absolute atomic E-state index is 0.0817. The third-order valence-electron chi connectivity index (χ3n) is 3.90. The van der Waals surface area contributed by atoms with Gasteiger partial charge in [0.25, 0.3) is 0 Å². The third kappa shape index (κ3) is 6.23. The van der Waals surface area contributed by atoms with E-state index in [2.05, 4.69) is 25.6 Å². The number of hydrogen-bond acceptors (Lipinski definition) is 5. The highest BCUT2D eigenvalue weighted by Crippen LogP contribution is 2.20. The van der Waals surface area contributed by atoms with Crippen LogP contribution in [-0.4, -0.2) is 35.8 Å². The van der Waals surface area contributed by atoms with Crippen molar-refractivity contribution in [3.8, 4) is 17.3 Å². The number of hydrogen-bond donors (Lipinski definition) is 2. The standard InChI is InChI=1S/C20H20F3N5O2/c1-24-19(26-10-15-8-5-9-25-17(15)30-13-20(21,22)23)27-11-16-12-29-18(28-16)14-6-3-2-4-7-14/h2-9,12H,10-11,13H2,1H3,(H2,24,26,27). The number of ether oxygens (including phenoxy) is 1. The molecule has 0 fully saturated rings. The number of aliphatic imine (C=N–C) groups is 1. The molecule has 0 spiro atoms. The maximum Gasteiger partial charge on any atom is 0.422 e. The first kappa shape index (κ1) is 21.2. The number of aromatic nitrogens is 2. The van der Waals surface area contributed by atoms with Gasteiger partial charge >= 0.3 is 6.18 Å². The van der Waals surface area contributed by atoms with Gasteiger partial charge in [-0.3, -0.25) is 4.99 Å². The molecule has 30 heavy (non-hydrogen) atoms. The van der Waals surface area contributed by atoms with E-state index in [-0.39, 0.29) is 12.4 Å². The lowest BCUT2D eigenvalue weighted by atomic mass is 10.2. The molecule has 2 N–H and O–H groups in total. The van der Waals surface area contributed by atoms with Crippen molar-refractivity contribution in [2.75, 3.05) is 13.7 Å². The largest absolute Gasteiger partial charge is 0.468 e. The van der Waals surface area contributed by atoms with Crippen molar-refractivity contribution >= 4 is 5.96 Å². The molecular weight excluding hydrogens is 399 g/mol. The van der Waals surface area contributed by atoms with Crippen molar-refractivity contribution in [3.63, 3.8) is 0 Å². The number of benzene rings is 1. The van der Waals surface area contributed by atoms with E-state index in [9.17, 15) is 13.2 Å². The highest BCUT2D eigenvalue weighted by Gasteiger charge is 2.29. The number of nitrogens with one attached hydrogen (secondary N) is 2. The van der Waals surface area contributed by atoms with Crippen LogP contribution in [0.4, 0.5) is 13.2 Å². The van der Waals surface area contributed by atoms with Gasteiger partial charge in [-0.2, -0.15) is 13.2 Å². The molecular formula is C20H20F3N5O2. The van der Waals surface area contributed by atoms with Crippen molar-refractivity contribution < 1.29 is 22.3 Å². The van der Waals surface area contributed by atoms with Gasteiger partial charge in [-0.1, -0.05) is 24.3 Å². The number of alkyl halides is 3. The zero-order valence-electron chi connectivity index (χ0n) is 16.1. The molecule has 0 unspecified atom stereocenters. The summed E-state index contributed by atoms with van der Waals surface area (Å²) >= 11 is 0. The van der Waals surface area contributed by atoms with Crippen LogP contribution >= 0.6 is 0 Å². The molecule has 0 aliphatic carbocycles. The second-order valence-corrected chi connectivity index (χ2v) is 6.16. The molecule has 158 valence electrons. The van der Waals surface area contributed by atoms with Crippen LogP contribution in [0.2, 0.25) is 0 Å². The molecule has 7 nitrogen and oxygen atoms in total. The summed E-state index contributed by atoms with van der Waals surface area (Å²) in [7, 11) is 1.58. The van der Waals surface area contributed by atoms with Gasteiger partial charge in [0.15, 0.2) is 12.6 Å². The molecule has 2 heterocycles. The van der Waals surface area contributed by atoms with E-state index in [0.717, 1.165) is 5.56 Å². The lowest BCUT2D eigenvalue weighted by molar-refractivity contribution is -0.154. The molecule has 3 aromatic rings. The number of rotatable bonds is 7. The molecule has 0 saturated heterocycles. The highest BCUT2D eigenvalue weighted by atomic mass is 19.4. The molecule has 0 amide bonds. The summed E-state index contributed by atoms with van der Waals surface area (Å²) in [4.78, 5) is 12.4. The van der Waals surface area contributed by atoms with Gasteiger partial charge < -0.3 is 19.8 Å². The fourth-order valence-corrected chi connectivity index (χ4v) is 2.51. The van der Waals surface area contributed by atoms with E-state index >= 15 is 0 Å². The van der Waals surface area contributed by atoms with Crippen molar-refractivity contribution in [2.24, 2.45) is 4.99 Å². The first-order valence-electron chi connectivity index (χ1n) is 9.02. The predicted octanol–water partition coefficient (Wildman–Crippen LogP) is 3.54. The number of guanidine groups is 1. The van der Waals surface area contributed by atoms with Crippen LogP contribution in [0.1, 0.15) is 11.3 Å². The van der Waals surface area contributed by atoms with Crippen LogP contribution in [0.25, 0.3) is 11.5 Å². The quantitative estimate of drug-likeness (QED) is 0.450. The van der Waals surface area contributed by atoms with Gasteiger partial charge in [-0.05, 0) is 18.2 Å². The summed E-state index contributed by atoms with van der Waals surface area (Å²) in [5.41, 5.74) is 2.01. The number of oxazole rings is 1. The van der Waals surface area contributed by atoms with E-state index in [1.807, 2.05) is 30.3 Å². The average molecular weight is 419 g/mol. The van der Waals surface area contributed by atoms with Crippen molar-refractivity contribution in [1.29, 1.82) is 0 Å². The van der Waals surface area contributed by atoms with Crippen LogP contribution in [0.15, 0.2) is 64.3 Å². The van der Waals surface area contributed by atoms with E-state index in [1.54, 1.807) is 25.4 Å². The van der Waals surface area contributed by atoms with Gasteiger partial charge in [0.05, 0.1) is 12.2 Å². The van der Waals surface area contributed by atoms with Crippen molar-refractivity contribution in [1.82, 2.24) is 20.6 Å². The van der Waals surface area contributed by atoms with Gasteiger partial charge in [-0.15, -0.1) is 0 Å². The second kappa shape index (κ2) is 9.77. The number of pyridine rings is 1. The molecule has 0 atom stereocenters. The van der Waals surface area contributed by atoms with E-state index in [4.69, 9.17) is 9.15 Å². The van der Waals surface area contributed by atoms with Crippen LogP contribution in [0, 0.1) is 0 Å². The zero-order chi connectivity index (χ0) is 21.4. The topological polar surface area (TPSA) is 84.6 Å². The van der Waals surface area contributed by atoms with E-state index in [0.29, 0.717) is 29.7 Å². The molecule has 0 aliphatic heterocycles. The Morgan fingerprint density at radius 2 is 1.87 bits per heavy atom. The SMILES string of the molecule is CN=C(NCc1coc(-c2ccccc2)n1)NCc1cccnc1OCC(F)(F)F. The Bertz CT molecular complexity index is 974. The molecule has 2 aromatic heterocycles. The van der Waals surface area contributed by atoms with Crippen molar-refractivity contribution in [2.45, 2.75) is 19.3 Å². The minimum atomic E-state index is -4.43. The summed E-state index contributed by atoms with van der Waals surface area (Å²) in [6.45, 7) is -0.880. The van der Waals surface area contributed by atoms with Gasteiger partial charge in [-0.25, -0.2) is 9.97 Å². The van der Waals surface area contributed by atoms with Crippen LogP contribution in [-0.2, 0) is 13.1 Å². The summed E-state index contributed by atoms with van der Waals surface area (Å²) in [6, 6.07) is 12.7. The van der Waals surface area contributed by atoms with Crippen LogP contribution in [0.3, 0.4) is 0 Å². The van der Waals surface area contributed by atoms with E-state index in [1.165, 1.54) is 6.20 Å². The first-order valence-corrected chi connectivity index (χ1v) is 9.02. The molecule has 0 aliphatic rings. The van der Waals surface area contributed by atoms with Gasteiger partial charge in [0.1, 0.15) is 6.26 Å². The maximum absolute atomic E-state index is 12.4. The Morgan fingerprint density at radius 3 is 2.60 bits per heavy atom.